The van der Waals surface area contributed by atoms with Crippen molar-refractivity contribution in [3.8, 4) is 0 Å². The Balaban J connectivity index is 2.11. The van der Waals surface area contributed by atoms with Crippen LogP contribution in [-0.2, 0) is 6.54 Å². The number of urea groups is 1. The summed E-state index contributed by atoms with van der Waals surface area (Å²) in [6.07, 6.45) is 3.26. The van der Waals surface area contributed by atoms with Crippen molar-refractivity contribution in [2.24, 2.45) is 0 Å². The number of nitrogens with zero attached hydrogens (tertiary/aromatic N) is 2. The molecule has 1 aromatic carbocycles. The first-order valence-corrected chi connectivity index (χ1v) is 6.80. The number of anilines is 1. The normalized spacial score (nSPS) is 10.2. The van der Waals surface area contributed by atoms with Crippen LogP contribution in [-0.4, -0.2) is 39.0 Å². The van der Waals surface area contributed by atoms with Crippen LogP contribution in [0.2, 0.25) is 0 Å². The summed E-state index contributed by atoms with van der Waals surface area (Å²) >= 11 is 3.25. The van der Waals surface area contributed by atoms with E-state index >= 15 is 0 Å². The van der Waals surface area contributed by atoms with Gasteiger partial charge < -0.3 is 20.3 Å². The largest absolute Gasteiger partial charge is 0.478 e. The maximum absolute atomic E-state index is 12.1. The van der Waals surface area contributed by atoms with Crippen molar-refractivity contribution in [2.75, 3.05) is 12.4 Å². The fourth-order valence-electron chi connectivity index (χ4n) is 1.70. The van der Waals surface area contributed by atoms with Gasteiger partial charge in [-0.1, -0.05) is 15.9 Å². The highest BCUT2D eigenvalue weighted by Crippen LogP contribution is 2.22. The number of hydrogen-bond donors (Lipinski definition) is 3. The molecule has 2 aromatic rings. The molecule has 0 atom stereocenters. The maximum Gasteiger partial charge on any atom is 0.337 e. The van der Waals surface area contributed by atoms with E-state index in [1.807, 2.05) is 0 Å². The first kappa shape index (κ1) is 15.0. The number of aromatic carboxylic acids is 1. The average Bonchev–Trinajstić information content (AvgIpc) is 2.91. The van der Waals surface area contributed by atoms with Gasteiger partial charge in [0, 0.05) is 23.9 Å². The van der Waals surface area contributed by atoms with Gasteiger partial charge >= 0.3 is 12.0 Å². The number of halogens is 1. The van der Waals surface area contributed by atoms with E-state index < -0.39 is 12.0 Å². The van der Waals surface area contributed by atoms with Gasteiger partial charge in [-0.15, -0.1) is 0 Å². The van der Waals surface area contributed by atoms with Gasteiger partial charge in [-0.3, -0.25) is 0 Å². The van der Waals surface area contributed by atoms with Gasteiger partial charge in [-0.05, 0) is 18.2 Å². The number of carboxylic acid groups (broad SMARTS) is 1. The molecule has 1 aromatic heterocycles. The molecule has 8 heteroatoms. The summed E-state index contributed by atoms with van der Waals surface area (Å²) in [5, 5.41) is 11.7. The SMILES string of the molecule is CN(Cc1ncc[nH]1)C(=O)Nc1cc(Br)ccc1C(=O)O. The lowest BCUT2D eigenvalue weighted by Crippen LogP contribution is -2.31. The first-order chi connectivity index (χ1) is 9.97. The van der Waals surface area contributed by atoms with Gasteiger partial charge in [0.15, 0.2) is 0 Å². The van der Waals surface area contributed by atoms with E-state index in [2.05, 4.69) is 31.2 Å². The first-order valence-electron chi connectivity index (χ1n) is 6.00. The number of H-pyrrole nitrogens is 1. The predicted molar refractivity (Wildman–Crippen MR) is 80.2 cm³/mol. The van der Waals surface area contributed by atoms with Crippen LogP contribution >= 0.6 is 15.9 Å². The predicted octanol–water partition coefficient (Wildman–Crippen LogP) is 2.53. The molecule has 0 aliphatic heterocycles. The van der Waals surface area contributed by atoms with E-state index in [1.165, 1.54) is 11.0 Å². The number of carbonyl (C=O) groups is 2. The summed E-state index contributed by atoms with van der Waals surface area (Å²) in [6.45, 7) is 0.287. The van der Waals surface area contributed by atoms with Crippen LogP contribution in [0.25, 0.3) is 0 Å². The molecule has 1 heterocycles. The van der Waals surface area contributed by atoms with Crippen LogP contribution in [0.3, 0.4) is 0 Å². The molecule has 0 radical (unpaired) electrons. The zero-order valence-electron chi connectivity index (χ0n) is 11.1. The number of aromatic nitrogens is 2. The molecule has 2 rings (SSSR count). The van der Waals surface area contributed by atoms with Crippen molar-refractivity contribution >= 4 is 33.6 Å². The van der Waals surface area contributed by atoms with Crippen LogP contribution < -0.4 is 5.32 Å². The standard InChI is InChI=1S/C13H13BrN4O3/c1-18(7-11-15-4-5-16-11)13(21)17-10-6-8(14)2-3-9(10)12(19)20/h2-6H,7H2,1H3,(H,15,16)(H,17,21)(H,19,20). The van der Waals surface area contributed by atoms with Crippen molar-refractivity contribution in [2.45, 2.75) is 6.54 Å². The van der Waals surface area contributed by atoms with E-state index in [0.29, 0.717) is 10.3 Å². The molecule has 0 aliphatic rings. The molecule has 110 valence electrons. The number of rotatable bonds is 4. The van der Waals surface area contributed by atoms with Crippen LogP contribution in [0.4, 0.5) is 10.5 Å². The minimum atomic E-state index is -1.11. The average molecular weight is 353 g/mol. The van der Waals surface area contributed by atoms with E-state index in [-0.39, 0.29) is 17.8 Å². The summed E-state index contributed by atoms with van der Waals surface area (Å²) < 4.78 is 0.677. The van der Waals surface area contributed by atoms with E-state index in [4.69, 9.17) is 5.11 Å². The molecule has 0 spiro atoms. The molecule has 3 N–H and O–H groups in total. The second kappa shape index (κ2) is 6.40. The summed E-state index contributed by atoms with van der Waals surface area (Å²) in [7, 11) is 1.59. The topological polar surface area (TPSA) is 98.3 Å². The molecule has 0 saturated heterocycles. The van der Waals surface area contributed by atoms with Gasteiger partial charge in [0.25, 0.3) is 0 Å². The number of amides is 2. The fourth-order valence-corrected chi connectivity index (χ4v) is 2.06. The quantitative estimate of drug-likeness (QED) is 0.787. The van der Waals surface area contributed by atoms with Crippen LogP contribution in [0.5, 0.6) is 0 Å². The molecule has 2 amide bonds. The summed E-state index contributed by atoms with van der Waals surface area (Å²) in [4.78, 5) is 31.5. The smallest absolute Gasteiger partial charge is 0.337 e. The number of benzene rings is 1. The van der Waals surface area contributed by atoms with Crippen molar-refractivity contribution < 1.29 is 14.7 Å². The number of aromatic amines is 1. The number of carbonyl (C=O) groups excluding carboxylic acids is 1. The molecule has 0 saturated carbocycles. The Bertz CT molecular complexity index is 657. The fraction of sp³-hybridized carbons (Fsp3) is 0.154. The highest BCUT2D eigenvalue weighted by molar-refractivity contribution is 9.10. The van der Waals surface area contributed by atoms with Crippen molar-refractivity contribution in [1.29, 1.82) is 0 Å². The van der Waals surface area contributed by atoms with Gasteiger partial charge in [-0.25, -0.2) is 14.6 Å². The Kier molecular flexibility index (Phi) is 4.59. The molecule has 0 fully saturated rings. The minimum absolute atomic E-state index is 0.0259. The molecular weight excluding hydrogens is 340 g/mol. The number of imidazole rings is 1. The molecule has 21 heavy (non-hydrogen) atoms. The Hall–Kier alpha value is -2.35. The van der Waals surface area contributed by atoms with E-state index in [0.717, 1.165) is 0 Å². The Morgan fingerprint density at radius 2 is 2.24 bits per heavy atom. The minimum Gasteiger partial charge on any atom is -0.478 e. The van der Waals surface area contributed by atoms with E-state index in [1.54, 1.807) is 31.6 Å². The maximum atomic E-state index is 12.1. The van der Waals surface area contributed by atoms with Crippen molar-refractivity contribution in [3.63, 3.8) is 0 Å². The highest BCUT2D eigenvalue weighted by atomic mass is 79.9. The summed E-state index contributed by atoms with van der Waals surface area (Å²) in [6, 6.07) is 4.15. The van der Waals surface area contributed by atoms with Crippen molar-refractivity contribution in [3.05, 3.63) is 46.5 Å². The second-order valence-electron chi connectivity index (χ2n) is 4.32. The zero-order valence-corrected chi connectivity index (χ0v) is 12.7. The number of carboxylic acids is 1. The third-order valence-electron chi connectivity index (χ3n) is 2.74. The highest BCUT2D eigenvalue weighted by Gasteiger charge is 2.16. The summed E-state index contributed by atoms with van der Waals surface area (Å²) in [5.41, 5.74) is 0.256. The Morgan fingerprint density at radius 3 is 2.86 bits per heavy atom. The van der Waals surface area contributed by atoms with Gasteiger partial charge in [-0.2, -0.15) is 0 Å². The Morgan fingerprint density at radius 1 is 1.48 bits per heavy atom. The number of hydrogen-bond acceptors (Lipinski definition) is 3. The van der Waals surface area contributed by atoms with Gasteiger partial charge in [0.2, 0.25) is 0 Å². The summed E-state index contributed by atoms with van der Waals surface area (Å²) in [5.74, 6) is -0.466. The molecule has 0 aliphatic carbocycles. The van der Waals surface area contributed by atoms with Crippen molar-refractivity contribution in [1.82, 2.24) is 14.9 Å². The second-order valence-corrected chi connectivity index (χ2v) is 5.23. The zero-order chi connectivity index (χ0) is 15.4. The molecular formula is C13H13BrN4O3. The van der Waals surface area contributed by atoms with Gasteiger partial charge in [0.05, 0.1) is 17.8 Å². The molecule has 7 nitrogen and oxygen atoms in total. The van der Waals surface area contributed by atoms with Crippen LogP contribution in [0.15, 0.2) is 35.1 Å². The third kappa shape index (κ3) is 3.82. The van der Waals surface area contributed by atoms with Crippen LogP contribution in [0.1, 0.15) is 16.2 Å². The van der Waals surface area contributed by atoms with Crippen LogP contribution in [0, 0.1) is 0 Å². The lowest BCUT2D eigenvalue weighted by atomic mass is 10.2. The number of nitrogens with one attached hydrogen (secondary N) is 2. The lowest BCUT2D eigenvalue weighted by molar-refractivity contribution is 0.0698. The van der Waals surface area contributed by atoms with E-state index in [9.17, 15) is 9.59 Å². The Labute approximate surface area is 129 Å². The molecule has 0 bridgehead atoms. The third-order valence-corrected chi connectivity index (χ3v) is 3.24. The monoisotopic (exact) mass is 352 g/mol. The lowest BCUT2D eigenvalue weighted by Gasteiger charge is -2.17. The molecule has 0 unspecified atom stereocenters. The van der Waals surface area contributed by atoms with Gasteiger partial charge in [0.1, 0.15) is 5.82 Å².